The molecule has 0 aromatic heterocycles. The van der Waals surface area contributed by atoms with Crippen LogP contribution in [0.25, 0.3) is 0 Å². The number of halogens is 1. The summed E-state index contributed by atoms with van der Waals surface area (Å²) in [7, 11) is 0. The summed E-state index contributed by atoms with van der Waals surface area (Å²) in [5.74, 6) is 0. The minimum atomic E-state index is -0.357. The van der Waals surface area contributed by atoms with Crippen LogP contribution in [0.1, 0.15) is 33.1 Å². The summed E-state index contributed by atoms with van der Waals surface area (Å²) in [6.07, 6.45) is 2.22. The van der Waals surface area contributed by atoms with E-state index < -0.39 is 0 Å². The third-order valence-electron chi connectivity index (χ3n) is 1.20. The zero-order valence-corrected chi connectivity index (χ0v) is 7.65. The van der Waals surface area contributed by atoms with E-state index in [9.17, 15) is 5.11 Å². The fraction of sp³-hybridized carbons (Fsp3) is 1.00. The van der Waals surface area contributed by atoms with E-state index in [2.05, 4.69) is 15.9 Å². The monoisotopic (exact) mass is 193 g/mol. The number of hydrogen-bond donors (Lipinski definition) is 0. The van der Waals surface area contributed by atoms with Crippen LogP contribution in [-0.2, 0) is 5.11 Å². The normalized spacial score (nSPS) is 17.3. The van der Waals surface area contributed by atoms with Crippen LogP contribution in [-0.4, -0.2) is 10.9 Å². The molecule has 2 atom stereocenters. The molecule has 55 valence electrons. The standard InChI is InChI=1S/C7H14BrO/c1-3-4-7(9)5-6(2)8/h6-7H,3-5H2,1-2H3. The van der Waals surface area contributed by atoms with Crippen LogP contribution in [0, 0.1) is 0 Å². The molecule has 0 aliphatic heterocycles. The van der Waals surface area contributed by atoms with Gasteiger partial charge in [0.2, 0.25) is 0 Å². The Morgan fingerprint density at radius 1 is 1.56 bits per heavy atom. The highest BCUT2D eigenvalue weighted by molar-refractivity contribution is 9.09. The van der Waals surface area contributed by atoms with Crippen LogP contribution in [0.2, 0.25) is 0 Å². The fourth-order valence-corrected chi connectivity index (χ4v) is 1.22. The molecule has 0 amide bonds. The maximum absolute atomic E-state index is 10.9. The molecule has 2 unspecified atom stereocenters. The molecule has 0 spiro atoms. The maximum atomic E-state index is 10.9. The summed E-state index contributed by atoms with van der Waals surface area (Å²) in [6, 6.07) is 0. The van der Waals surface area contributed by atoms with Gasteiger partial charge in [-0.3, -0.25) is 0 Å². The first-order chi connectivity index (χ1) is 4.16. The lowest BCUT2D eigenvalue weighted by molar-refractivity contribution is 0.0741. The van der Waals surface area contributed by atoms with E-state index in [0.29, 0.717) is 4.83 Å². The van der Waals surface area contributed by atoms with Crippen LogP contribution in [0.5, 0.6) is 0 Å². The third-order valence-corrected chi connectivity index (χ3v) is 1.57. The van der Waals surface area contributed by atoms with Gasteiger partial charge < -0.3 is 0 Å². The molecular formula is C7H14BrO. The summed E-state index contributed by atoms with van der Waals surface area (Å²) in [5.41, 5.74) is 0. The number of hydrogen-bond acceptors (Lipinski definition) is 0. The predicted molar refractivity (Wildman–Crippen MR) is 42.4 cm³/mol. The molecule has 2 heteroatoms. The molecule has 1 radical (unpaired) electrons. The van der Waals surface area contributed by atoms with Crippen molar-refractivity contribution in [2.75, 3.05) is 0 Å². The Labute approximate surface area is 65.6 Å². The SMILES string of the molecule is CCCC([O])CC(C)Br. The molecule has 0 fully saturated rings. The van der Waals surface area contributed by atoms with Crippen molar-refractivity contribution in [3.63, 3.8) is 0 Å². The molecule has 1 nitrogen and oxygen atoms in total. The molecule has 0 aliphatic carbocycles. The summed E-state index contributed by atoms with van der Waals surface area (Å²) < 4.78 is 0. The van der Waals surface area contributed by atoms with E-state index in [0.717, 1.165) is 19.3 Å². The molecule has 0 N–H and O–H groups in total. The summed E-state index contributed by atoms with van der Waals surface area (Å²) in [6.45, 7) is 4.06. The first-order valence-corrected chi connectivity index (χ1v) is 4.38. The molecule has 0 aromatic carbocycles. The molecule has 0 bridgehead atoms. The fourth-order valence-electron chi connectivity index (χ4n) is 0.802. The summed E-state index contributed by atoms with van der Waals surface area (Å²) in [5, 5.41) is 10.9. The molecular weight excluding hydrogens is 180 g/mol. The zero-order chi connectivity index (χ0) is 7.28. The van der Waals surface area contributed by atoms with Gasteiger partial charge in [-0.05, 0) is 12.8 Å². The smallest absolute Gasteiger partial charge is 0.0940 e. The van der Waals surface area contributed by atoms with Crippen molar-refractivity contribution in [2.24, 2.45) is 0 Å². The van der Waals surface area contributed by atoms with E-state index in [4.69, 9.17) is 0 Å². The highest BCUT2D eigenvalue weighted by Gasteiger charge is 2.07. The summed E-state index contributed by atoms with van der Waals surface area (Å²) in [4.78, 5) is 0.381. The zero-order valence-electron chi connectivity index (χ0n) is 6.06. The highest BCUT2D eigenvalue weighted by atomic mass is 79.9. The van der Waals surface area contributed by atoms with Crippen LogP contribution < -0.4 is 0 Å². The van der Waals surface area contributed by atoms with Gasteiger partial charge in [-0.1, -0.05) is 36.2 Å². The van der Waals surface area contributed by atoms with Crippen LogP contribution >= 0.6 is 15.9 Å². The Morgan fingerprint density at radius 2 is 2.11 bits per heavy atom. The van der Waals surface area contributed by atoms with Gasteiger partial charge in [-0.25, -0.2) is 5.11 Å². The van der Waals surface area contributed by atoms with Crippen LogP contribution in [0.15, 0.2) is 0 Å². The largest absolute Gasteiger partial charge is 0.233 e. The van der Waals surface area contributed by atoms with Gasteiger partial charge in [0, 0.05) is 4.83 Å². The predicted octanol–water partition coefficient (Wildman–Crippen LogP) is 2.76. The van der Waals surface area contributed by atoms with Gasteiger partial charge in [-0.15, -0.1) is 0 Å². The summed E-state index contributed by atoms with van der Waals surface area (Å²) >= 11 is 3.34. The minimum absolute atomic E-state index is 0.357. The van der Waals surface area contributed by atoms with E-state index in [1.807, 2.05) is 13.8 Å². The lowest BCUT2D eigenvalue weighted by Crippen LogP contribution is -2.08. The average Bonchev–Trinajstić information content (AvgIpc) is 1.63. The van der Waals surface area contributed by atoms with Crippen LogP contribution in [0.3, 0.4) is 0 Å². The second-order valence-electron chi connectivity index (χ2n) is 2.43. The molecule has 0 aliphatic rings. The van der Waals surface area contributed by atoms with E-state index in [1.54, 1.807) is 0 Å². The number of rotatable bonds is 4. The van der Waals surface area contributed by atoms with Crippen molar-refractivity contribution in [3.8, 4) is 0 Å². The molecule has 0 saturated heterocycles. The van der Waals surface area contributed by atoms with Gasteiger partial charge >= 0.3 is 0 Å². The van der Waals surface area contributed by atoms with Crippen molar-refractivity contribution in [1.29, 1.82) is 0 Å². The third kappa shape index (κ3) is 6.32. The van der Waals surface area contributed by atoms with E-state index in [1.165, 1.54) is 0 Å². The Bertz CT molecular complexity index is 63.9. The average molecular weight is 194 g/mol. The van der Waals surface area contributed by atoms with Crippen molar-refractivity contribution >= 4 is 15.9 Å². The molecule has 9 heavy (non-hydrogen) atoms. The second-order valence-corrected chi connectivity index (χ2v) is 3.99. The molecule has 0 heterocycles. The van der Waals surface area contributed by atoms with Gasteiger partial charge in [0.25, 0.3) is 0 Å². The maximum Gasteiger partial charge on any atom is 0.0940 e. The van der Waals surface area contributed by atoms with Gasteiger partial charge in [-0.2, -0.15) is 0 Å². The second kappa shape index (κ2) is 5.24. The number of alkyl halides is 1. The first kappa shape index (κ1) is 9.44. The van der Waals surface area contributed by atoms with Gasteiger partial charge in [0.05, 0.1) is 6.10 Å². The van der Waals surface area contributed by atoms with Gasteiger partial charge in [0.1, 0.15) is 0 Å². The topological polar surface area (TPSA) is 19.9 Å². The molecule has 0 rings (SSSR count). The molecule has 0 saturated carbocycles. The Morgan fingerprint density at radius 3 is 2.44 bits per heavy atom. The quantitative estimate of drug-likeness (QED) is 0.613. The Kier molecular flexibility index (Phi) is 5.50. The first-order valence-electron chi connectivity index (χ1n) is 3.46. The van der Waals surface area contributed by atoms with E-state index in [-0.39, 0.29) is 6.10 Å². The minimum Gasteiger partial charge on any atom is -0.233 e. The Balaban J connectivity index is 3.15. The van der Waals surface area contributed by atoms with E-state index >= 15 is 0 Å². The van der Waals surface area contributed by atoms with Crippen molar-refractivity contribution in [3.05, 3.63) is 0 Å². The van der Waals surface area contributed by atoms with Crippen molar-refractivity contribution in [2.45, 2.75) is 44.0 Å². The highest BCUT2D eigenvalue weighted by Crippen LogP contribution is 2.10. The Hall–Kier alpha value is 0.440. The van der Waals surface area contributed by atoms with Crippen molar-refractivity contribution < 1.29 is 5.11 Å². The van der Waals surface area contributed by atoms with Crippen molar-refractivity contribution in [1.82, 2.24) is 0 Å². The van der Waals surface area contributed by atoms with Crippen LogP contribution in [0.4, 0.5) is 0 Å². The van der Waals surface area contributed by atoms with Gasteiger partial charge in [0.15, 0.2) is 0 Å². The molecule has 0 aromatic rings. The lowest BCUT2D eigenvalue weighted by atomic mass is 10.1. The lowest BCUT2D eigenvalue weighted by Gasteiger charge is -2.06.